The fraction of sp³-hybridized carbons (Fsp3) is 0.400. The van der Waals surface area contributed by atoms with E-state index in [1.165, 1.54) is 6.08 Å². The van der Waals surface area contributed by atoms with Crippen molar-refractivity contribution in [2.24, 2.45) is 5.92 Å². The molecule has 0 aromatic heterocycles. The van der Waals surface area contributed by atoms with Crippen molar-refractivity contribution in [2.75, 3.05) is 13.2 Å². The predicted molar refractivity (Wildman–Crippen MR) is 75.6 cm³/mol. The van der Waals surface area contributed by atoms with Crippen molar-refractivity contribution < 1.29 is 14.4 Å². The summed E-state index contributed by atoms with van der Waals surface area (Å²) in [6.07, 6.45) is 3.17. The van der Waals surface area contributed by atoms with Crippen LogP contribution in [0.2, 0.25) is 0 Å². The molecule has 1 rings (SSSR count). The highest BCUT2D eigenvalue weighted by Gasteiger charge is 1.97. The summed E-state index contributed by atoms with van der Waals surface area (Å²) in [5.41, 5.74) is 3.30. The van der Waals surface area contributed by atoms with Crippen LogP contribution in [0.15, 0.2) is 30.3 Å². The largest absolute Gasteiger partial charge is 0.494 e. The Kier molecular flexibility index (Phi) is 6.68. The van der Waals surface area contributed by atoms with E-state index in [4.69, 9.17) is 9.57 Å². The first-order valence-electron chi connectivity index (χ1n) is 6.44. The van der Waals surface area contributed by atoms with Gasteiger partial charge in [0.15, 0.2) is 0 Å². The Bertz CT molecular complexity index is 410. The van der Waals surface area contributed by atoms with E-state index in [1.54, 1.807) is 6.08 Å². The van der Waals surface area contributed by atoms with Crippen LogP contribution >= 0.6 is 0 Å². The molecule has 0 heterocycles. The third-order valence-electron chi connectivity index (χ3n) is 2.21. The fourth-order valence-electron chi connectivity index (χ4n) is 1.33. The molecule has 1 amide bonds. The molecule has 104 valence electrons. The average Bonchev–Trinajstić information content (AvgIpc) is 2.38. The van der Waals surface area contributed by atoms with Crippen LogP contribution in [-0.2, 0) is 9.63 Å². The zero-order valence-electron chi connectivity index (χ0n) is 11.7. The molecular formula is C15H21NO3. The minimum atomic E-state index is -0.269. The van der Waals surface area contributed by atoms with Crippen LogP contribution in [0.4, 0.5) is 0 Å². The number of carbonyl (C=O) groups excluding carboxylic acids is 1. The second-order valence-electron chi connectivity index (χ2n) is 4.51. The van der Waals surface area contributed by atoms with Gasteiger partial charge in [0.25, 0.3) is 5.91 Å². The standard InChI is InChI=1S/C15H21NO3/c1-4-18-14-8-5-13(6-9-14)7-10-15(17)16-19-11-12(2)3/h5-10,12H,4,11H2,1-3H3,(H,16,17)/b10-7+. The number of rotatable bonds is 7. The van der Waals surface area contributed by atoms with Gasteiger partial charge >= 0.3 is 0 Å². The topological polar surface area (TPSA) is 47.6 Å². The summed E-state index contributed by atoms with van der Waals surface area (Å²) in [4.78, 5) is 16.4. The Labute approximate surface area is 114 Å². The van der Waals surface area contributed by atoms with E-state index in [0.717, 1.165) is 11.3 Å². The fourth-order valence-corrected chi connectivity index (χ4v) is 1.33. The first-order valence-corrected chi connectivity index (χ1v) is 6.44. The van der Waals surface area contributed by atoms with Crippen molar-refractivity contribution in [1.82, 2.24) is 5.48 Å². The Morgan fingerprint density at radius 1 is 1.32 bits per heavy atom. The molecule has 0 atom stereocenters. The van der Waals surface area contributed by atoms with Gasteiger partial charge < -0.3 is 4.74 Å². The number of amides is 1. The van der Waals surface area contributed by atoms with Crippen molar-refractivity contribution in [1.29, 1.82) is 0 Å². The first-order chi connectivity index (χ1) is 9.11. The van der Waals surface area contributed by atoms with Gasteiger partial charge in [0.05, 0.1) is 13.2 Å². The van der Waals surface area contributed by atoms with E-state index >= 15 is 0 Å². The summed E-state index contributed by atoms with van der Waals surface area (Å²) in [5.74, 6) is 0.939. The first kappa shape index (κ1) is 15.2. The van der Waals surface area contributed by atoms with Gasteiger partial charge in [-0.25, -0.2) is 5.48 Å². The molecule has 0 saturated heterocycles. The smallest absolute Gasteiger partial charge is 0.267 e. The number of hydrogen-bond donors (Lipinski definition) is 1. The number of hydroxylamine groups is 1. The highest BCUT2D eigenvalue weighted by Crippen LogP contribution is 2.12. The second-order valence-corrected chi connectivity index (χ2v) is 4.51. The predicted octanol–water partition coefficient (Wildman–Crippen LogP) is 2.80. The van der Waals surface area contributed by atoms with Gasteiger partial charge in [-0.3, -0.25) is 9.63 Å². The van der Waals surface area contributed by atoms with E-state index in [0.29, 0.717) is 19.1 Å². The zero-order valence-corrected chi connectivity index (χ0v) is 11.7. The van der Waals surface area contributed by atoms with Crippen LogP contribution in [-0.4, -0.2) is 19.1 Å². The minimum Gasteiger partial charge on any atom is -0.494 e. The summed E-state index contributed by atoms with van der Waals surface area (Å²) < 4.78 is 5.34. The zero-order chi connectivity index (χ0) is 14.1. The third kappa shape index (κ3) is 6.62. The van der Waals surface area contributed by atoms with Crippen molar-refractivity contribution in [3.8, 4) is 5.75 Å². The van der Waals surface area contributed by atoms with Crippen LogP contribution in [0, 0.1) is 5.92 Å². The molecule has 4 nitrogen and oxygen atoms in total. The van der Waals surface area contributed by atoms with Gasteiger partial charge in [-0.15, -0.1) is 0 Å². The van der Waals surface area contributed by atoms with Crippen molar-refractivity contribution in [3.63, 3.8) is 0 Å². The lowest BCUT2D eigenvalue weighted by Gasteiger charge is -2.05. The van der Waals surface area contributed by atoms with E-state index in [-0.39, 0.29) is 5.91 Å². The molecule has 0 unspecified atom stereocenters. The highest BCUT2D eigenvalue weighted by atomic mass is 16.6. The average molecular weight is 263 g/mol. The van der Waals surface area contributed by atoms with Crippen LogP contribution in [0.1, 0.15) is 26.3 Å². The lowest BCUT2D eigenvalue weighted by molar-refractivity contribution is -0.129. The number of ether oxygens (including phenoxy) is 1. The molecular weight excluding hydrogens is 242 g/mol. The number of benzene rings is 1. The number of hydrogen-bond acceptors (Lipinski definition) is 3. The van der Waals surface area contributed by atoms with Crippen LogP contribution in [0.3, 0.4) is 0 Å². The molecule has 0 fully saturated rings. The summed E-state index contributed by atoms with van der Waals surface area (Å²) in [5, 5.41) is 0. The maximum Gasteiger partial charge on any atom is 0.267 e. The summed E-state index contributed by atoms with van der Waals surface area (Å²) in [6.45, 7) is 7.12. The molecule has 0 bridgehead atoms. The van der Waals surface area contributed by atoms with Crippen molar-refractivity contribution >= 4 is 12.0 Å². The maximum absolute atomic E-state index is 11.4. The van der Waals surface area contributed by atoms with Gasteiger partial charge in [-0.2, -0.15) is 0 Å². The molecule has 0 spiro atoms. The van der Waals surface area contributed by atoms with E-state index in [1.807, 2.05) is 45.0 Å². The number of nitrogens with one attached hydrogen (secondary N) is 1. The van der Waals surface area contributed by atoms with Crippen LogP contribution in [0.25, 0.3) is 6.08 Å². The Balaban J connectivity index is 2.40. The Morgan fingerprint density at radius 3 is 2.58 bits per heavy atom. The quantitative estimate of drug-likeness (QED) is 0.608. The molecule has 0 aliphatic carbocycles. The molecule has 19 heavy (non-hydrogen) atoms. The van der Waals surface area contributed by atoms with Gasteiger partial charge in [-0.05, 0) is 36.6 Å². The van der Waals surface area contributed by atoms with Crippen molar-refractivity contribution in [3.05, 3.63) is 35.9 Å². The van der Waals surface area contributed by atoms with E-state index in [2.05, 4.69) is 5.48 Å². The van der Waals surface area contributed by atoms with Gasteiger partial charge in [0, 0.05) is 6.08 Å². The normalized spacial score (nSPS) is 10.9. The van der Waals surface area contributed by atoms with Crippen LogP contribution < -0.4 is 10.2 Å². The molecule has 0 saturated carbocycles. The van der Waals surface area contributed by atoms with E-state index < -0.39 is 0 Å². The van der Waals surface area contributed by atoms with E-state index in [9.17, 15) is 4.79 Å². The third-order valence-corrected chi connectivity index (χ3v) is 2.21. The van der Waals surface area contributed by atoms with Gasteiger partial charge in [0.1, 0.15) is 5.75 Å². The molecule has 1 aromatic carbocycles. The number of carbonyl (C=O) groups is 1. The van der Waals surface area contributed by atoms with Gasteiger partial charge in [-0.1, -0.05) is 26.0 Å². The lowest BCUT2D eigenvalue weighted by Crippen LogP contribution is -2.23. The molecule has 0 radical (unpaired) electrons. The summed E-state index contributed by atoms with van der Waals surface area (Å²) in [7, 11) is 0. The summed E-state index contributed by atoms with van der Waals surface area (Å²) in [6, 6.07) is 7.53. The minimum absolute atomic E-state index is 0.269. The van der Waals surface area contributed by atoms with Gasteiger partial charge in [0.2, 0.25) is 0 Å². The van der Waals surface area contributed by atoms with Crippen LogP contribution in [0.5, 0.6) is 5.75 Å². The SMILES string of the molecule is CCOc1ccc(/C=C/C(=O)NOCC(C)C)cc1. The second kappa shape index (κ2) is 8.32. The summed E-state index contributed by atoms with van der Waals surface area (Å²) >= 11 is 0. The lowest BCUT2D eigenvalue weighted by atomic mass is 10.2. The maximum atomic E-state index is 11.4. The molecule has 4 heteroatoms. The highest BCUT2D eigenvalue weighted by molar-refractivity contribution is 5.90. The Hall–Kier alpha value is -1.81. The Morgan fingerprint density at radius 2 is 2.00 bits per heavy atom. The molecule has 1 N–H and O–H groups in total. The molecule has 1 aromatic rings. The van der Waals surface area contributed by atoms with Crippen molar-refractivity contribution in [2.45, 2.75) is 20.8 Å². The molecule has 0 aliphatic heterocycles. The monoisotopic (exact) mass is 263 g/mol. The molecule has 0 aliphatic rings.